The van der Waals surface area contributed by atoms with Crippen LogP contribution in [0.5, 0.6) is 5.75 Å². The lowest BCUT2D eigenvalue weighted by Crippen LogP contribution is -2.53. The van der Waals surface area contributed by atoms with Crippen molar-refractivity contribution < 1.29 is 24.2 Å². The first-order chi connectivity index (χ1) is 17.2. The smallest absolute Gasteiger partial charge is 0.249 e. The lowest BCUT2D eigenvalue weighted by Gasteiger charge is -2.26. The summed E-state index contributed by atoms with van der Waals surface area (Å²) in [6.45, 7) is 7.85. The van der Waals surface area contributed by atoms with Crippen molar-refractivity contribution in [3.05, 3.63) is 78.4 Å². The van der Waals surface area contributed by atoms with Crippen molar-refractivity contribution >= 4 is 11.8 Å². The average molecular weight is 498 g/mol. The first kappa shape index (κ1) is 29.0. The van der Waals surface area contributed by atoms with Gasteiger partial charge in [0, 0.05) is 20.1 Å². The molecule has 4 atom stereocenters. The molecule has 0 heterocycles. The minimum absolute atomic E-state index is 0.0419. The molecule has 2 amide bonds. The SMILES string of the molecule is C=CCc1cccc(OC[C@H](N)[C@@H](O)C[C@@H](OC)C(=O)N[C@H](C(=O)NCc2ccccc2)C(C)C)c1. The Hall–Kier alpha value is -3.20. The van der Waals surface area contributed by atoms with Gasteiger partial charge < -0.3 is 30.9 Å². The Kier molecular flexibility index (Phi) is 12.1. The first-order valence-electron chi connectivity index (χ1n) is 12.2. The Bertz CT molecular complexity index is 967. The van der Waals surface area contributed by atoms with Crippen LogP contribution in [0.1, 0.15) is 31.4 Å². The Morgan fingerprint density at radius 2 is 1.78 bits per heavy atom. The van der Waals surface area contributed by atoms with Gasteiger partial charge in [0.05, 0.1) is 12.1 Å². The third kappa shape index (κ3) is 9.45. The molecule has 0 aliphatic rings. The molecule has 5 N–H and O–H groups in total. The molecule has 8 nitrogen and oxygen atoms in total. The summed E-state index contributed by atoms with van der Waals surface area (Å²) in [6.07, 6.45) is 0.450. The van der Waals surface area contributed by atoms with Gasteiger partial charge in [0.2, 0.25) is 11.8 Å². The molecule has 0 saturated heterocycles. The molecule has 0 spiro atoms. The van der Waals surface area contributed by atoms with Gasteiger partial charge in [-0.05, 0) is 35.6 Å². The molecule has 196 valence electrons. The third-order valence-corrected chi connectivity index (χ3v) is 5.80. The molecular weight excluding hydrogens is 458 g/mol. The normalized spacial score (nSPS) is 14.4. The predicted octanol–water partition coefficient (Wildman–Crippen LogP) is 2.34. The zero-order valence-electron chi connectivity index (χ0n) is 21.4. The van der Waals surface area contributed by atoms with Crippen LogP contribution in [0.3, 0.4) is 0 Å². The van der Waals surface area contributed by atoms with Crippen LogP contribution >= 0.6 is 0 Å². The molecule has 8 heteroatoms. The molecule has 0 fully saturated rings. The number of methoxy groups -OCH3 is 1. The Balaban J connectivity index is 1.89. The van der Waals surface area contributed by atoms with Crippen molar-refractivity contribution in [2.24, 2.45) is 11.7 Å². The van der Waals surface area contributed by atoms with E-state index in [0.29, 0.717) is 12.3 Å². The Morgan fingerprint density at radius 3 is 2.42 bits per heavy atom. The number of allylic oxidation sites excluding steroid dienone is 1. The molecule has 0 unspecified atom stereocenters. The van der Waals surface area contributed by atoms with E-state index in [1.54, 1.807) is 6.08 Å². The number of hydrogen-bond acceptors (Lipinski definition) is 6. The van der Waals surface area contributed by atoms with Crippen molar-refractivity contribution in [3.63, 3.8) is 0 Å². The number of hydrogen-bond donors (Lipinski definition) is 4. The van der Waals surface area contributed by atoms with Gasteiger partial charge in [-0.25, -0.2) is 0 Å². The lowest BCUT2D eigenvalue weighted by molar-refractivity contribution is -0.137. The van der Waals surface area contributed by atoms with Gasteiger partial charge in [-0.2, -0.15) is 0 Å². The fraction of sp³-hybridized carbons (Fsp3) is 0.429. The highest BCUT2D eigenvalue weighted by molar-refractivity contribution is 5.89. The molecule has 0 bridgehead atoms. The van der Waals surface area contributed by atoms with E-state index in [-0.39, 0.29) is 24.9 Å². The van der Waals surface area contributed by atoms with Crippen molar-refractivity contribution in [2.75, 3.05) is 13.7 Å². The molecule has 2 aromatic rings. The molecule has 0 radical (unpaired) electrons. The van der Waals surface area contributed by atoms with Crippen molar-refractivity contribution in [1.29, 1.82) is 0 Å². The van der Waals surface area contributed by atoms with E-state index < -0.39 is 30.2 Å². The molecule has 0 aromatic heterocycles. The summed E-state index contributed by atoms with van der Waals surface area (Å²) in [5, 5.41) is 16.2. The largest absolute Gasteiger partial charge is 0.492 e. The van der Waals surface area contributed by atoms with Gasteiger partial charge in [-0.3, -0.25) is 9.59 Å². The van der Waals surface area contributed by atoms with E-state index in [0.717, 1.165) is 17.5 Å². The van der Waals surface area contributed by atoms with E-state index in [2.05, 4.69) is 17.2 Å². The number of nitrogens with one attached hydrogen (secondary N) is 2. The van der Waals surface area contributed by atoms with E-state index in [1.807, 2.05) is 68.4 Å². The molecule has 0 aliphatic heterocycles. The summed E-state index contributed by atoms with van der Waals surface area (Å²) in [6, 6.07) is 15.6. The van der Waals surface area contributed by atoms with Gasteiger partial charge >= 0.3 is 0 Å². The molecular formula is C28H39N3O5. The third-order valence-electron chi connectivity index (χ3n) is 5.80. The van der Waals surface area contributed by atoms with Crippen molar-refractivity contribution in [3.8, 4) is 5.75 Å². The van der Waals surface area contributed by atoms with Crippen LogP contribution in [-0.4, -0.2) is 54.9 Å². The molecule has 36 heavy (non-hydrogen) atoms. The van der Waals surface area contributed by atoms with Crippen molar-refractivity contribution in [1.82, 2.24) is 10.6 Å². The number of carbonyl (C=O) groups is 2. The predicted molar refractivity (Wildman–Crippen MR) is 140 cm³/mol. The van der Waals surface area contributed by atoms with E-state index in [9.17, 15) is 14.7 Å². The highest BCUT2D eigenvalue weighted by Crippen LogP contribution is 2.15. The summed E-state index contributed by atoms with van der Waals surface area (Å²) in [5.41, 5.74) is 8.13. The second kappa shape index (κ2) is 15.0. The topological polar surface area (TPSA) is 123 Å². The molecule has 0 aliphatic carbocycles. The van der Waals surface area contributed by atoms with Crippen LogP contribution in [-0.2, 0) is 27.3 Å². The lowest BCUT2D eigenvalue weighted by atomic mass is 10.0. The van der Waals surface area contributed by atoms with Crippen LogP contribution in [0.4, 0.5) is 0 Å². The summed E-state index contributed by atoms with van der Waals surface area (Å²) < 4.78 is 11.0. The summed E-state index contributed by atoms with van der Waals surface area (Å²) in [5.74, 6) is -0.296. The summed E-state index contributed by atoms with van der Waals surface area (Å²) in [4.78, 5) is 25.7. The number of aliphatic hydroxyl groups excluding tert-OH is 1. The highest BCUT2D eigenvalue weighted by atomic mass is 16.5. The number of carbonyl (C=O) groups excluding carboxylic acids is 2. The maximum atomic E-state index is 12.9. The molecule has 2 rings (SSSR count). The minimum Gasteiger partial charge on any atom is -0.492 e. The van der Waals surface area contributed by atoms with E-state index >= 15 is 0 Å². The Morgan fingerprint density at radius 1 is 1.08 bits per heavy atom. The second-order valence-electron chi connectivity index (χ2n) is 9.08. The average Bonchev–Trinajstić information content (AvgIpc) is 2.88. The van der Waals surface area contributed by atoms with Gasteiger partial charge in [0.25, 0.3) is 0 Å². The fourth-order valence-electron chi connectivity index (χ4n) is 3.61. The van der Waals surface area contributed by atoms with E-state index in [4.69, 9.17) is 15.2 Å². The minimum atomic E-state index is -1.05. The Labute approximate surface area is 213 Å². The van der Waals surface area contributed by atoms with Crippen LogP contribution in [0.15, 0.2) is 67.3 Å². The molecule has 2 aromatic carbocycles. The zero-order valence-corrected chi connectivity index (χ0v) is 21.4. The second-order valence-corrected chi connectivity index (χ2v) is 9.08. The monoisotopic (exact) mass is 497 g/mol. The van der Waals surface area contributed by atoms with Crippen LogP contribution < -0.4 is 21.1 Å². The van der Waals surface area contributed by atoms with Gasteiger partial charge in [0.15, 0.2) is 0 Å². The van der Waals surface area contributed by atoms with Gasteiger partial charge in [-0.1, -0.05) is 62.4 Å². The highest BCUT2D eigenvalue weighted by Gasteiger charge is 2.30. The van der Waals surface area contributed by atoms with Gasteiger partial charge in [0.1, 0.15) is 24.5 Å². The van der Waals surface area contributed by atoms with Crippen molar-refractivity contribution in [2.45, 2.75) is 57.5 Å². The standard InChI is InChI=1S/C28H39N3O5/c1-5-10-20-13-9-14-22(15-20)36-18-23(29)24(32)16-25(35-4)27(33)31-26(19(2)3)28(34)30-17-21-11-7-6-8-12-21/h5-9,11-15,19,23-26,32H,1,10,16-18,29H2,2-4H3,(H,30,34)(H,31,33)/t23-,24-,25+,26-/m0/s1. The van der Waals surface area contributed by atoms with Crippen LogP contribution in [0.2, 0.25) is 0 Å². The van der Waals surface area contributed by atoms with E-state index in [1.165, 1.54) is 7.11 Å². The molecule has 0 saturated carbocycles. The number of aliphatic hydroxyl groups is 1. The number of ether oxygens (including phenoxy) is 2. The number of nitrogens with two attached hydrogens (primary N) is 1. The fourth-order valence-corrected chi connectivity index (χ4v) is 3.61. The maximum Gasteiger partial charge on any atom is 0.249 e. The van der Waals surface area contributed by atoms with Gasteiger partial charge in [-0.15, -0.1) is 6.58 Å². The summed E-state index contributed by atoms with van der Waals surface area (Å²) >= 11 is 0. The number of amides is 2. The number of benzene rings is 2. The van der Waals surface area contributed by atoms with Crippen LogP contribution in [0, 0.1) is 5.92 Å². The number of rotatable bonds is 15. The summed E-state index contributed by atoms with van der Waals surface area (Å²) in [7, 11) is 1.38. The first-order valence-corrected chi connectivity index (χ1v) is 12.2. The maximum absolute atomic E-state index is 12.9. The quantitative estimate of drug-likeness (QED) is 0.280. The van der Waals surface area contributed by atoms with Crippen LogP contribution in [0.25, 0.3) is 0 Å². The zero-order chi connectivity index (χ0) is 26.5.